The number of aryl methyl sites for hydroxylation is 1. The number of carbonyl (C=O) groups excluding carboxylic acids is 3. The Morgan fingerprint density at radius 2 is 1.73 bits per heavy atom. The topological polar surface area (TPSA) is 72.5 Å². The monoisotopic (exact) mass is 371 g/mol. The maximum Gasteiger partial charge on any atom is 0.340 e. The van der Waals surface area contributed by atoms with Gasteiger partial charge in [-0.1, -0.05) is 29.8 Å². The number of ether oxygens (including phenoxy) is 1. The SMILES string of the molecule is CC(=O)CSc1ccccc1C(=O)O[C@@H](C)C(=O)Nc1ccc(C)cc1. The predicted molar refractivity (Wildman–Crippen MR) is 103 cm³/mol. The van der Waals surface area contributed by atoms with Crippen molar-refractivity contribution in [3.8, 4) is 0 Å². The zero-order chi connectivity index (χ0) is 19.1. The first kappa shape index (κ1) is 19.7. The van der Waals surface area contributed by atoms with Crippen LogP contribution in [0.25, 0.3) is 0 Å². The molecule has 136 valence electrons. The fourth-order valence-corrected chi connectivity index (χ4v) is 2.94. The minimum Gasteiger partial charge on any atom is -0.449 e. The quantitative estimate of drug-likeness (QED) is 0.591. The third-order valence-corrected chi connectivity index (χ3v) is 4.73. The molecular formula is C20H21NO4S. The predicted octanol–water partition coefficient (Wildman–Crippen LogP) is 3.86. The van der Waals surface area contributed by atoms with Gasteiger partial charge in [0.05, 0.1) is 11.3 Å². The normalized spacial score (nSPS) is 11.5. The highest BCUT2D eigenvalue weighted by atomic mass is 32.2. The third kappa shape index (κ3) is 5.74. The summed E-state index contributed by atoms with van der Waals surface area (Å²) in [6, 6.07) is 14.2. The van der Waals surface area contributed by atoms with Gasteiger partial charge in [0.15, 0.2) is 6.10 Å². The molecule has 0 aliphatic rings. The molecule has 0 aliphatic heterocycles. The Morgan fingerprint density at radius 3 is 2.38 bits per heavy atom. The van der Waals surface area contributed by atoms with E-state index in [9.17, 15) is 14.4 Å². The van der Waals surface area contributed by atoms with E-state index in [0.717, 1.165) is 5.56 Å². The summed E-state index contributed by atoms with van der Waals surface area (Å²) >= 11 is 1.27. The number of hydrogen-bond acceptors (Lipinski definition) is 5. The fraction of sp³-hybridized carbons (Fsp3) is 0.250. The number of Topliss-reactive ketones (excluding diaryl/α,β-unsaturated/α-hetero) is 1. The fourth-order valence-electron chi connectivity index (χ4n) is 2.10. The van der Waals surface area contributed by atoms with Gasteiger partial charge in [-0.25, -0.2) is 4.79 Å². The Hall–Kier alpha value is -2.60. The Kier molecular flexibility index (Phi) is 6.97. The lowest BCUT2D eigenvalue weighted by Crippen LogP contribution is -2.30. The van der Waals surface area contributed by atoms with E-state index in [-0.39, 0.29) is 11.5 Å². The van der Waals surface area contributed by atoms with Crippen LogP contribution in [0.4, 0.5) is 5.69 Å². The van der Waals surface area contributed by atoms with E-state index >= 15 is 0 Å². The number of rotatable bonds is 7. The highest BCUT2D eigenvalue weighted by molar-refractivity contribution is 8.00. The minimum absolute atomic E-state index is 0.0176. The standard InChI is InChI=1S/C20H21NO4S/c1-13-8-10-16(11-9-13)21-19(23)15(3)25-20(24)17-6-4-5-7-18(17)26-12-14(2)22/h4-11,15H,12H2,1-3H3,(H,21,23)/t15-/m0/s1. The number of anilines is 1. The van der Waals surface area contributed by atoms with E-state index in [4.69, 9.17) is 4.74 Å². The molecule has 0 aliphatic carbocycles. The summed E-state index contributed by atoms with van der Waals surface area (Å²) < 4.78 is 5.29. The Morgan fingerprint density at radius 1 is 1.08 bits per heavy atom. The van der Waals surface area contributed by atoms with Crippen molar-refractivity contribution in [1.29, 1.82) is 0 Å². The van der Waals surface area contributed by atoms with Crippen LogP contribution < -0.4 is 5.32 Å². The van der Waals surface area contributed by atoms with Crippen molar-refractivity contribution >= 4 is 35.1 Å². The number of nitrogens with one attached hydrogen (secondary N) is 1. The zero-order valence-corrected chi connectivity index (χ0v) is 15.8. The number of thioether (sulfide) groups is 1. The number of hydrogen-bond donors (Lipinski definition) is 1. The van der Waals surface area contributed by atoms with Crippen molar-refractivity contribution in [3.63, 3.8) is 0 Å². The van der Waals surface area contributed by atoms with Gasteiger partial charge in [-0.05, 0) is 45.0 Å². The van der Waals surface area contributed by atoms with Crippen LogP contribution in [0.2, 0.25) is 0 Å². The van der Waals surface area contributed by atoms with Crippen LogP contribution in [0, 0.1) is 6.92 Å². The molecular weight excluding hydrogens is 350 g/mol. The molecule has 2 aromatic carbocycles. The third-order valence-electron chi connectivity index (χ3n) is 3.51. The number of carbonyl (C=O) groups is 3. The summed E-state index contributed by atoms with van der Waals surface area (Å²) in [4.78, 5) is 36.5. The van der Waals surface area contributed by atoms with E-state index in [2.05, 4.69) is 5.32 Å². The van der Waals surface area contributed by atoms with Crippen LogP contribution in [0.5, 0.6) is 0 Å². The molecule has 0 radical (unpaired) electrons. The Labute approximate surface area is 157 Å². The van der Waals surface area contributed by atoms with Crippen LogP contribution in [-0.4, -0.2) is 29.5 Å². The number of esters is 1. The molecule has 0 bridgehead atoms. The van der Waals surface area contributed by atoms with Crippen molar-refractivity contribution in [2.24, 2.45) is 0 Å². The molecule has 0 fully saturated rings. The lowest BCUT2D eigenvalue weighted by atomic mass is 10.2. The van der Waals surface area contributed by atoms with Gasteiger partial charge in [0.2, 0.25) is 0 Å². The summed E-state index contributed by atoms with van der Waals surface area (Å²) in [5.74, 6) is -0.711. The van der Waals surface area contributed by atoms with Gasteiger partial charge >= 0.3 is 5.97 Å². The second kappa shape index (κ2) is 9.20. The summed E-state index contributed by atoms with van der Waals surface area (Å²) in [5.41, 5.74) is 2.07. The van der Waals surface area contributed by atoms with Crippen LogP contribution >= 0.6 is 11.8 Å². The zero-order valence-electron chi connectivity index (χ0n) is 14.9. The molecule has 5 nitrogen and oxygen atoms in total. The van der Waals surface area contributed by atoms with Gasteiger partial charge in [0.1, 0.15) is 5.78 Å². The molecule has 1 amide bonds. The molecule has 6 heteroatoms. The van der Waals surface area contributed by atoms with Crippen LogP contribution in [0.15, 0.2) is 53.4 Å². The number of benzene rings is 2. The second-order valence-electron chi connectivity index (χ2n) is 5.89. The lowest BCUT2D eigenvalue weighted by Gasteiger charge is -2.15. The van der Waals surface area contributed by atoms with E-state index in [1.54, 1.807) is 36.4 Å². The van der Waals surface area contributed by atoms with E-state index in [0.29, 0.717) is 16.1 Å². The molecule has 2 aromatic rings. The van der Waals surface area contributed by atoms with Gasteiger partial charge in [-0.3, -0.25) is 9.59 Å². The Balaban J connectivity index is 2.01. The molecule has 2 rings (SSSR count). The van der Waals surface area contributed by atoms with Gasteiger partial charge < -0.3 is 10.1 Å². The molecule has 0 spiro atoms. The van der Waals surface area contributed by atoms with Crippen molar-refractivity contribution in [2.45, 2.75) is 31.8 Å². The summed E-state index contributed by atoms with van der Waals surface area (Å²) in [7, 11) is 0. The number of ketones is 1. The van der Waals surface area contributed by atoms with Crippen LogP contribution in [0.1, 0.15) is 29.8 Å². The average molecular weight is 371 g/mol. The molecule has 1 atom stereocenters. The largest absolute Gasteiger partial charge is 0.449 e. The first-order valence-electron chi connectivity index (χ1n) is 8.16. The maximum absolute atomic E-state index is 12.4. The van der Waals surface area contributed by atoms with E-state index in [1.807, 2.05) is 19.1 Å². The van der Waals surface area contributed by atoms with Crippen molar-refractivity contribution < 1.29 is 19.1 Å². The van der Waals surface area contributed by atoms with Gasteiger partial charge in [-0.2, -0.15) is 0 Å². The summed E-state index contributed by atoms with van der Waals surface area (Å²) in [5, 5.41) is 2.71. The molecule has 0 heterocycles. The minimum atomic E-state index is -0.949. The summed E-state index contributed by atoms with van der Waals surface area (Å²) in [6.07, 6.45) is -0.949. The lowest BCUT2D eigenvalue weighted by molar-refractivity contribution is -0.123. The van der Waals surface area contributed by atoms with Crippen molar-refractivity contribution in [2.75, 3.05) is 11.1 Å². The van der Waals surface area contributed by atoms with Crippen LogP contribution in [-0.2, 0) is 14.3 Å². The first-order valence-corrected chi connectivity index (χ1v) is 9.15. The Bertz CT molecular complexity index is 802. The summed E-state index contributed by atoms with van der Waals surface area (Å²) in [6.45, 7) is 4.97. The van der Waals surface area contributed by atoms with Crippen molar-refractivity contribution in [1.82, 2.24) is 0 Å². The van der Waals surface area contributed by atoms with E-state index in [1.165, 1.54) is 25.6 Å². The number of amides is 1. The smallest absolute Gasteiger partial charge is 0.340 e. The molecule has 1 N–H and O–H groups in total. The highest BCUT2D eigenvalue weighted by Gasteiger charge is 2.21. The molecule has 0 aromatic heterocycles. The highest BCUT2D eigenvalue weighted by Crippen LogP contribution is 2.23. The first-order chi connectivity index (χ1) is 12.4. The molecule has 0 unspecified atom stereocenters. The molecule has 0 saturated carbocycles. The average Bonchev–Trinajstić information content (AvgIpc) is 2.62. The van der Waals surface area contributed by atoms with Crippen molar-refractivity contribution in [3.05, 3.63) is 59.7 Å². The van der Waals surface area contributed by atoms with E-state index < -0.39 is 18.0 Å². The molecule has 0 saturated heterocycles. The molecule has 26 heavy (non-hydrogen) atoms. The van der Waals surface area contributed by atoms with Crippen LogP contribution in [0.3, 0.4) is 0 Å². The van der Waals surface area contributed by atoms with Gasteiger partial charge in [0, 0.05) is 10.6 Å². The second-order valence-corrected chi connectivity index (χ2v) is 6.91. The van der Waals surface area contributed by atoms with Gasteiger partial charge in [-0.15, -0.1) is 11.8 Å². The van der Waals surface area contributed by atoms with Gasteiger partial charge in [0.25, 0.3) is 5.91 Å². The maximum atomic E-state index is 12.4.